The summed E-state index contributed by atoms with van der Waals surface area (Å²) < 4.78 is 11.2. The molecule has 0 unspecified atom stereocenters. The molecule has 2 aromatic carbocycles. The van der Waals surface area contributed by atoms with Gasteiger partial charge in [-0.1, -0.05) is 29.8 Å². The molecule has 3 rings (SSSR count). The molecule has 0 spiro atoms. The summed E-state index contributed by atoms with van der Waals surface area (Å²) in [7, 11) is 4.84. The van der Waals surface area contributed by atoms with E-state index in [0.29, 0.717) is 32.8 Å². The number of thioether (sulfide) groups is 1. The quantitative estimate of drug-likeness (QED) is 0.716. The fraction of sp³-hybridized carbons (Fsp3) is 0.227. The molecule has 1 fully saturated rings. The number of carbonyl (C=O) groups excluding carboxylic acids is 2. The van der Waals surface area contributed by atoms with E-state index in [4.69, 9.17) is 9.47 Å². The summed E-state index contributed by atoms with van der Waals surface area (Å²) in [5.41, 5.74) is 2.44. The van der Waals surface area contributed by atoms with Gasteiger partial charge in [0.25, 0.3) is 11.8 Å². The average molecular weight is 426 g/mol. The second-order valence-corrected chi connectivity index (χ2v) is 7.57. The Balaban J connectivity index is 1.79. The summed E-state index contributed by atoms with van der Waals surface area (Å²) in [5.74, 6) is 0.423. The van der Waals surface area contributed by atoms with Gasteiger partial charge in [0, 0.05) is 25.3 Å². The van der Waals surface area contributed by atoms with Crippen LogP contribution in [0.1, 0.15) is 11.1 Å². The fourth-order valence-corrected chi connectivity index (χ4v) is 3.74. The zero-order chi connectivity index (χ0) is 21.7. The van der Waals surface area contributed by atoms with E-state index >= 15 is 0 Å². The standard InChI is InChI=1S/C22H23N3O4S/c1-14-8-10-16(11-9-14)24-19(26)13-29-20-15(6-5-7-17(20)28-4)12-18-21(27)25(3)22(23-2)30-18/h5-12H,13H2,1-4H3,(H,24,26)/b18-12+,23-22?. The number of hydrogen-bond acceptors (Lipinski definition) is 6. The number of aryl methyl sites for hydroxylation is 1. The summed E-state index contributed by atoms with van der Waals surface area (Å²) in [4.78, 5) is 30.9. The summed E-state index contributed by atoms with van der Waals surface area (Å²) in [5, 5.41) is 3.41. The molecule has 0 bridgehead atoms. The van der Waals surface area contributed by atoms with Crippen LogP contribution in [0.15, 0.2) is 52.4 Å². The summed E-state index contributed by atoms with van der Waals surface area (Å²) in [6.07, 6.45) is 1.72. The van der Waals surface area contributed by atoms with Crippen molar-refractivity contribution < 1.29 is 19.1 Å². The van der Waals surface area contributed by atoms with Gasteiger partial charge in [-0.05, 0) is 43.0 Å². The first-order valence-electron chi connectivity index (χ1n) is 9.23. The van der Waals surface area contributed by atoms with Gasteiger partial charge < -0.3 is 14.8 Å². The molecule has 0 aromatic heterocycles. The minimum atomic E-state index is -0.296. The first kappa shape index (κ1) is 21.4. The van der Waals surface area contributed by atoms with Crippen molar-refractivity contribution in [3.63, 3.8) is 0 Å². The Kier molecular flexibility index (Phi) is 6.79. The maximum atomic E-state index is 12.5. The molecule has 0 aliphatic carbocycles. The van der Waals surface area contributed by atoms with E-state index in [1.54, 1.807) is 38.4 Å². The van der Waals surface area contributed by atoms with E-state index in [1.807, 2.05) is 31.2 Å². The predicted molar refractivity (Wildman–Crippen MR) is 120 cm³/mol. The van der Waals surface area contributed by atoms with Crippen molar-refractivity contribution in [3.05, 3.63) is 58.5 Å². The number of nitrogens with zero attached hydrogens (tertiary/aromatic N) is 2. The Morgan fingerprint density at radius 1 is 1.23 bits per heavy atom. The molecule has 2 amide bonds. The van der Waals surface area contributed by atoms with E-state index in [9.17, 15) is 9.59 Å². The number of rotatable bonds is 6. The number of ether oxygens (including phenoxy) is 2. The van der Waals surface area contributed by atoms with E-state index in [2.05, 4.69) is 10.3 Å². The molecule has 1 heterocycles. The van der Waals surface area contributed by atoms with Crippen LogP contribution in [0.3, 0.4) is 0 Å². The van der Waals surface area contributed by atoms with Crippen molar-refractivity contribution in [2.75, 3.05) is 33.1 Å². The topological polar surface area (TPSA) is 80.2 Å². The third kappa shape index (κ3) is 4.83. The van der Waals surface area contributed by atoms with E-state index < -0.39 is 0 Å². The number of methoxy groups -OCH3 is 1. The Hall–Kier alpha value is -3.26. The number of carbonyl (C=O) groups is 2. The van der Waals surface area contributed by atoms with Gasteiger partial charge >= 0.3 is 0 Å². The van der Waals surface area contributed by atoms with Crippen LogP contribution in [0, 0.1) is 6.92 Å². The highest BCUT2D eigenvalue weighted by atomic mass is 32.2. The van der Waals surface area contributed by atoms with Crippen molar-refractivity contribution in [2.24, 2.45) is 4.99 Å². The number of nitrogens with one attached hydrogen (secondary N) is 1. The van der Waals surface area contributed by atoms with Crippen molar-refractivity contribution in [3.8, 4) is 11.5 Å². The lowest BCUT2D eigenvalue weighted by atomic mass is 10.1. The molecule has 8 heteroatoms. The number of benzene rings is 2. The Morgan fingerprint density at radius 3 is 2.60 bits per heavy atom. The van der Waals surface area contributed by atoms with Crippen LogP contribution in [0.2, 0.25) is 0 Å². The highest BCUT2D eigenvalue weighted by molar-refractivity contribution is 8.18. The van der Waals surface area contributed by atoms with Gasteiger partial charge in [-0.25, -0.2) is 0 Å². The number of para-hydroxylation sites is 1. The van der Waals surface area contributed by atoms with Gasteiger partial charge in [0.2, 0.25) is 0 Å². The molecule has 1 aliphatic rings. The summed E-state index contributed by atoms with van der Waals surface area (Å²) in [6, 6.07) is 12.8. The van der Waals surface area contributed by atoms with Crippen LogP contribution in [-0.2, 0) is 9.59 Å². The van der Waals surface area contributed by atoms with E-state index in [1.165, 1.54) is 23.8 Å². The van der Waals surface area contributed by atoms with Gasteiger partial charge in [-0.2, -0.15) is 0 Å². The lowest BCUT2D eigenvalue weighted by Gasteiger charge is -2.14. The van der Waals surface area contributed by atoms with Gasteiger partial charge in [-0.3, -0.25) is 19.5 Å². The highest BCUT2D eigenvalue weighted by Gasteiger charge is 2.30. The lowest BCUT2D eigenvalue weighted by Crippen LogP contribution is -2.23. The molecule has 7 nitrogen and oxygen atoms in total. The number of aliphatic imine (C=N–C) groups is 1. The van der Waals surface area contributed by atoms with Crippen molar-refractivity contribution in [2.45, 2.75) is 6.92 Å². The minimum absolute atomic E-state index is 0.147. The van der Waals surface area contributed by atoms with Crippen molar-refractivity contribution in [1.82, 2.24) is 4.90 Å². The molecule has 1 saturated heterocycles. The second-order valence-electron chi connectivity index (χ2n) is 6.56. The number of amidine groups is 1. The van der Waals surface area contributed by atoms with E-state index in [0.717, 1.165) is 5.56 Å². The largest absolute Gasteiger partial charge is 0.493 e. The first-order chi connectivity index (χ1) is 14.4. The van der Waals surface area contributed by atoms with Crippen LogP contribution < -0.4 is 14.8 Å². The van der Waals surface area contributed by atoms with Crippen LogP contribution in [0.4, 0.5) is 5.69 Å². The summed E-state index contributed by atoms with van der Waals surface area (Å²) >= 11 is 1.28. The monoisotopic (exact) mass is 425 g/mol. The molecule has 0 radical (unpaired) electrons. The third-order valence-corrected chi connectivity index (χ3v) is 5.55. The molecule has 1 aliphatic heterocycles. The zero-order valence-corrected chi connectivity index (χ0v) is 18.1. The Labute approximate surface area is 179 Å². The van der Waals surface area contributed by atoms with Gasteiger partial charge in [0.1, 0.15) is 0 Å². The maximum absolute atomic E-state index is 12.5. The van der Waals surface area contributed by atoms with Gasteiger partial charge in [-0.15, -0.1) is 0 Å². The second kappa shape index (κ2) is 9.49. The van der Waals surface area contributed by atoms with Crippen molar-refractivity contribution >= 4 is 40.5 Å². The zero-order valence-electron chi connectivity index (χ0n) is 17.3. The summed E-state index contributed by atoms with van der Waals surface area (Å²) in [6.45, 7) is 1.78. The molecular formula is C22H23N3O4S. The SMILES string of the molecule is CN=C1S/C(=C/c2cccc(OC)c2OCC(=O)Nc2ccc(C)cc2)C(=O)N1C. The lowest BCUT2D eigenvalue weighted by molar-refractivity contribution is -0.121. The molecule has 0 atom stereocenters. The number of amides is 2. The molecule has 1 N–H and O–H groups in total. The molecular weight excluding hydrogens is 402 g/mol. The number of anilines is 1. The molecule has 156 valence electrons. The highest BCUT2D eigenvalue weighted by Crippen LogP contribution is 2.37. The van der Waals surface area contributed by atoms with Crippen LogP contribution in [0.25, 0.3) is 6.08 Å². The molecule has 0 saturated carbocycles. The Morgan fingerprint density at radius 2 is 1.97 bits per heavy atom. The molecule has 2 aromatic rings. The van der Waals surface area contributed by atoms with Gasteiger partial charge in [0.15, 0.2) is 23.3 Å². The average Bonchev–Trinajstić information content (AvgIpc) is 3.02. The third-order valence-electron chi connectivity index (χ3n) is 4.39. The number of hydrogen-bond donors (Lipinski definition) is 1. The van der Waals surface area contributed by atoms with Crippen molar-refractivity contribution in [1.29, 1.82) is 0 Å². The molecule has 30 heavy (non-hydrogen) atoms. The minimum Gasteiger partial charge on any atom is -0.493 e. The normalized spacial score (nSPS) is 16.3. The smallest absolute Gasteiger partial charge is 0.266 e. The van der Waals surface area contributed by atoms with Crippen LogP contribution in [-0.4, -0.2) is 49.7 Å². The van der Waals surface area contributed by atoms with E-state index in [-0.39, 0.29) is 18.4 Å². The maximum Gasteiger partial charge on any atom is 0.266 e. The van der Waals surface area contributed by atoms with Crippen LogP contribution >= 0.6 is 11.8 Å². The van der Waals surface area contributed by atoms with Crippen LogP contribution in [0.5, 0.6) is 11.5 Å². The Bertz CT molecular complexity index is 1020. The number of likely N-dealkylation sites (N-methyl/N-ethyl adjacent to an activating group) is 1. The fourth-order valence-electron chi connectivity index (χ4n) is 2.82. The first-order valence-corrected chi connectivity index (χ1v) is 10.0. The van der Waals surface area contributed by atoms with Gasteiger partial charge in [0.05, 0.1) is 12.0 Å². The predicted octanol–water partition coefficient (Wildman–Crippen LogP) is 3.55.